The van der Waals surface area contributed by atoms with E-state index in [1.165, 1.54) is 12.8 Å². The number of hydrogen-bond donors (Lipinski definition) is 1. The van der Waals surface area contributed by atoms with Gasteiger partial charge in [-0.25, -0.2) is 9.78 Å². The van der Waals surface area contributed by atoms with E-state index in [0.29, 0.717) is 24.8 Å². The molecule has 1 aliphatic rings. The van der Waals surface area contributed by atoms with Gasteiger partial charge in [0.25, 0.3) is 0 Å². The number of nitrogens with two attached hydrogens (primary N) is 1. The highest BCUT2D eigenvalue weighted by Gasteiger charge is 2.23. The van der Waals surface area contributed by atoms with E-state index >= 15 is 0 Å². The molecule has 0 saturated heterocycles. The summed E-state index contributed by atoms with van der Waals surface area (Å²) in [6.45, 7) is 0.962. The SMILES string of the molecule is NCc1ccc(C(=O)OCC2CC2)nc1. The quantitative estimate of drug-likeness (QED) is 0.749. The van der Waals surface area contributed by atoms with Crippen molar-refractivity contribution in [1.29, 1.82) is 0 Å². The third-order valence-corrected chi connectivity index (χ3v) is 2.42. The molecule has 0 aromatic carbocycles. The molecule has 2 rings (SSSR count). The summed E-state index contributed by atoms with van der Waals surface area (Å²) >= 11 is 0. The zero-order chi connectivity index (χ0) is 10.7. The van der Waals surface area contributed by atoms with Crippen LogP contribution in [0.3, 0.4) is 0 Å². The standard InChI is InChI=1S/C11H14N2O2/c12-5-9-3-4-10(13-6-9)11(14)15-7-8-1-2-8/h3-4,6,8H,1-2,5,7,12H2. The minimum absolute atomic E-state index is 0.342. The number of carbonyl (C=O) groups excluding carboxylic acids is 1. The lowest BCUT2D eigenvalue weighted by atomic mass is 10.2. The molecule has 0 radical (unpaired) electrons. The van der Waals surface area contributed by atoms with E-state index in [-0.39, 0.29) is 5.97 Å². The van der Waals surface area contributed by atoms with Gasteiger partial charge in [0.15, 0.2) is 0 Å². The van der Waals surface area contributed by atoms with Crippen LogP contribution < -0.4 is 5.73 Å². The molecule has 1 aliphatic carbocycles. The van der Waals surface area contributed by atoms with Gasteiger partial charge in [0.2, 0.25) is 0 Å². The van der Waals surface area contributed by atoms with Gasteiger partial charge in [0.1, 0.15) is 5.69 Å². The Morgan fingerprint density at radius 2 is 2.33 bits per heavy atom. The Morgan fingerprint density at radius 3 is 2.87 bits per heavy atom. The van der Waals surface area contributed by atoms with Gasteiger partial charge in [-0.15, -0.1) is 0 Å². The van der Waals surface area contributed by atoms with Gasteiger partial charge in [-0.2, -0.15) is 0 Å². The molecule has 15 heavy (non-hydrogen) atoms. The van der Waals surface area contributed by atoms with Crippen molar-refractivity contribution < 1.29 is 9.53 Å². The molecule has 0 spiro atoms. The van der Waals surface area contributed by atoms with Crippen molar-refractivity contribution in [3.8, 4) is 0 Å². The third-order valence-electron chi connectivity index (χ3n) is 2.42. The first-order chi connectivity index (χ1) is 7.29. The zero-order valence-electron chi connectivity index (χ0n) is 8.48. The van der Waals surface area contributed by atoms with Gasteiger partial charge in [0.05, 0.1) is 6.61 Å². The Labute approximate surface area is 88.4 Å². The van der Waals surface area contributed by atoms with E-state index in [4.69, 9.17) is 10.5 Å². The first-order valence-corrected chi connectivity index (χ1v) is 5.11. The summed E-state index contributed by atoms with van der Waals surface area (Å²) in [6.07, 6.45) is 3.95. The highest BCUT2D eigenvalue weighted by atomic mass is 16.5. The highest BCUT2D eigenvalue weighted by molar-refractivity contribution is 5.87. The molecule has 1 heterocycles. The van der Waals surface area contributed by atoms with Crippen LogP contribution in [0.4, 0.5) is 0 Å². The Kier molecular flexibility index (Phi) is 2.97. The molecular weight excluding hydrogens is 192 g/mol. The molecule has 1 aromatic rings. The second-order valence-corrected chi connectivity index (χ2v) is 3.80. The molecule has 0 aliphatic heterocycles. The number of rotatable bonds is 4. The van der Waals surface area contributed by atoms with Crippen molar-refractivity contribution in [3.63, 3.8) is 0 Å². The fourth-order valence-electron chi connectivity index (χ4n) is 1.22. The molecule has 0 unspecified atom stereocenters. The molecule has 0 atom stereocenters. The number of nitrogens with zero attached hydrogens (tertiary/aromatic N) is 1. The second-order valence-electron chi connectivity index (χ2n) is 3.80. The largest absolute Gasteiger partial charge is 0.461 e. The Hall–Kier alpha value is -1.42. The highest BCUT2D eigenvalue weighted by Crippen LogP contribution is 2.28. The van der Waals surface area contributed by atoms with Crippen LogP contribution in [-0.2, 0) is 11.3 Å². The predicted molar refractivity (Wildman–Crippen MR) is 55.1 cm³/mol. The van der Waals surface area contributed by atoms with Crippen LogP contribution in [0.1, 0.15) is 28.9 Å². The lowest BCUT2D eigenvalue weighted by Crippen LogP contribution is -2.10. The average molecular weight is 206 g/mol. The van der Waals surface area contributed by atoms with Gasteiger partial charge in [-0.05, 0) is 30.4 Å². The maximum absolute atomic E-state index is 11.5. The molecule has 0 bridgehead atoms. The van der Waals surface area contributed by atoms with E-state index in [1.54, 1.807) is 18.3 Å². The number of aromatic nitrogens is 1. The molecule has 0 amide bonds. The monoisotopic (exact) mass is 206 g/mol. The van der Waals surface area contributed by atoms with E-state index in [1.807, 2.05) is 0 Å². The molecule has 2 N–H and O–H groups in total. The summed E-state index contributed by atoms with van der Waals surface area (Å²) in [6, 6.07) is 3.44. The van der Waals surface area contributed by atoms with Crippen LogP contribution in [0.15, 0.2) is 18.3 Å². The Bertz CT molecular complexity index is 344. The first-order valence-electron chi connectivity index (χ1n) is 5.11. The number of carbonyl (C=O) groups is 1. The predicted octanol–water partition coefficient (Wildman–Crippen LogP) is 1.11. The molecule has 1 fully saturated rings. The van der Waals surface area contributed by atoms with Crippen molar-refractivity contribution in [2.45, 2.75) is 19.4 Å². The van der Waals surface area contributed by atoms with Crippen LogP contribution in [0, 0.1) is 5.92 Å². The van der Waals surface area contributed by atoms with Gasteiger partial charge >= 0.3 is 5.97 Å². The molecule has 80 valence electrons. The summed E-state index contributed by atoms with van der Waals surface area (Å²) < 4.78 is 5.09. The Balaban J connectivity index is 1.91. The van der Waals surface area contributed by atoms with Crippen LogP contribution in [0.2, 0.25) is 0 Å². The number of esters is 1. The minimum atomic E-state index is -0.342. The lowest BCUT2D eigenvalue weighted by Gasteiger charge is -2.03. The zero-order valence-corrected chi connectivity index (χ0v) is 8.48. The Morgan fingerprint density at radius 1 is 1.53 bits per heavy atom. The molecule has 4 nitrogen and oxygen atoms in total. The van der Waals surface area contributed by atoms with Crippen molar-refractivity contribution in [1.82, 2.24) is 4.98 Å². The van der Waals surface area contributed by atoms with Crippen molar-refractivity contribution in [2.75, 3.05) is 6.61 Å². The van der Waals surface area contributed by atoms with E-state index in [9.17, 15) is 4.79 Å². The van der Waals surface area contributed by atoms with Crippen LogP contribution in [0.5, 0.6) is 0 Å². The van der Waals surface area contributed by atoms with E-state index in [2.05, 4.69) is 4.98 Å². The van der Waals surface area contributed by atoms with Crippen molar-refractivity contribution in [2.24, 2.45) is 11.7 Å². The van der Waals surface area contributed by atoms with Crippen molar-refractivity contribution in [3.05, 3.63) is 29.6 Å². The second kappa shape index (κ2) is 4.40. The summed E-state index contributed by atoms with van der Waals surface area (Å²) in [5.74, 6) is 0.239. The summed E-state index contributed by atoms with van der Waals surface area (Å²) in [5.41, 5.74) is 6.69. The maximum Gasteiger partial charge on any atom is 0.356 e. The van der Waals surface area contributed by atoms with Crippen molar-refractivity contribution >= 4 is 5.97 Å². The normalized spacial score (nSPS) is 15.0. The maximum atomic E-state index is 11.5. The van der Waals surface area contributed by atoms with Gasteiger partial charge in [0, 0.05) is 12.7 Å². The smallest absolute Gasteiger partial charge is 0.356 e. The third kappa shape index (κ3) is 2.76. The van der Waals surface area contributed by atoms with E-state index < -0.39 is 0 Å². The minimum Gasteiger partial charge on any atom is -0.461 e. The molecule has 1 aromatic heterocycles. The summed E-state index contributed by atoms with van der Waals surface area (Å²) in [5, 5.41) is 0. The van der Waals surface area contributed by atoms with Crippen LogP contribution in [0.25, 0.3) is 0 Å². The van der Waals surface area contributed by atoms with Gasteiger partial charge < -0.3 is 10.5 Å². The molecular formula is C11H14N2O2. The summed E-state index contributed by atoms with van der Waals surface area (Å²) in [4.78, 5) is 15.5. The number of pyridine rings is 1. The van der Waals surface area contributed by atoms with Crippen LogP contribution >= 0.6 is 0 Å². The molecule has 4 heteroatoms. The van der Waals surface area contributed by atoms with Gasteiger partial charge in [-0.3, -0.25) is 0 Å². The number of ether oxygens (including phenoxy) is 1. The van der Waals surface area contributed by atoms with Gasteiger partial charge in [-0.1, -0.05) is 6.07 Å². The lowest BCUT2D eigenvalue weighted by molar-refractivity contribution is 0.0479. The fourth-order valence-corrected chi connectivity index (χ4v) is 1.22. The summed E-state index contributed by atoms with van der Waals surface area (Å²) in [7, 11) is 0. The topological polar surface area (TPSA) is 65.2 Å². The van der Waals surface area contributed by atoms with Crippen LogP contribution in [-0.4, -0.2) is 17.6 Å². The molecule has 1 saturated carbocycles. The number of hydrogen-bond acceptors (Lipinski definition) is 4. The fraction of sp³-hybridized carbons (Fsp3) is 0.455. The van der Waals surface area contributed by atoms with E-state index in [0.717, 1.165) is 5.56 Å². The first kappa shape index (κ1) is 10.1. The average Bonchev–Trinajstić information content (AvgIpc) is 3.10.